The fraction of sp³-hybridized carbons (Fsp3) is 0.667. The van der Waals surface area contributed by atoms with Gasteiger partial charge in [-0.15, -0.1) is 0 Å². The van der Waals surface area contributed by atoms with E-state index in [1.54, 1.807) is 18.0 Å². The molecule has 0 aromatic carbocycles. The number of carbonyl (C=O) groups excluding carboxylic acids is 2. The number of nitrogens with zero attached hydrogens (tertiary/aromatic N) is 1. The van der Waals surface area contributed by atoms with Gasteiger partial charge in [0, 0.05) is 19.2 Å². The molecule has 17 heavy (non-hydrogen) atoms. The lowest BCUT2D eigenvalue weighted by atomic mass is 10.2. The third-order valence-electron chi connectivity index (χ3n) is 2.61. The summed E-state index contributed by atoms with van der Waals surface area (Å²) in [7, 11) is 0. The van der Waals surface area contributed by atoms with Crippen LogP contribution in [-0.2, 0) is 14.3 Å². The van der Waals surface area contributed by atoms with Crippen molar-refractivity contribution >= 4 is 11.9 Å². The van der Waals surface area contributed by atoms with Gasteiger partial charge in [0.05, 0.1) is 12.2 Å². The van der Waals surface area contributed by atoms with Crippen molar-refractivity contribution in [2.45, 2.75) is 32.6 Å². The largest absolute Gasteiger partial charge is 0.460 e. The quantitative estimate of drug-likeness (QED) is 0.584. The molecule has 0 atom stereocenters. The normalized spacial score (nSPS) is 17.9. The van der Waals surface area contributed by atoms with E-state index in [4.69, 9.17) is 9.84 Å². The molecule has 1 saturated heterocycles. The van der Waals surface area contributed by atoms with E-state index >= 15 is 0 Å². The standard InChI is InChI=1S/C12H19NO4/c1-10(12(16)17-8-7-14)9-13-6-4-2-3-5-11(13)15/h9,14H,2-8H2,1H3. The van der Waals surface area contributed by atoms with Crippen molar-refractivity contribution in [1.29, 1.82) is 0 Å². The van der Waals surface area contributed by atoms with Gasteiger partial charge in [0.1, 0.15) is 6.61 Å². The topological polar surface area (TPSA) is 66.8 Å². The number of hydrogen-bond acceptors (Lipinski definition) is 4. The predicted octanol–water partition coefficient (Wildman–Crippen LogP) is 0.828. The first-order valence-corrected chi connectivity index (χ1v) is 5.91. The van der Waals surface area contributed by atoms with Crippen LogP contribution in [0.5, 0.6) is 0 Å². The van der Waals surface area contributed by atoms with Crippen LogP contribution in [0.1, 0.15) is 32.6 Å². The van der Waals surface area contributed by atoms with Crippen molar-refractivity contribution in [3.63, 3.8) is 0 Å². The molecule has 0 unspecified atom stereocenters. The molecule has 1 aliphatic rings. The SMILES string of the molecule is CC(=CN1CCCCCC1=O)C(=O)OCCO. The van der Waals surface area contributed by atoms with Gasteiger partial charge in [0.15, 0.2) is 0 Å². The van der Waals surface area contributed by atoms with Crippen molar-refractivity contribution < 1.29 is 19.4 Å². The average molecular weight is 241 g/mol. The van der Waals surface area contributed by atoms with E-state index in [9.17, 15) is 9.59 Å². The summed E-state index contributed by atoms with van der Waals surface area (Å²) >= 11 is 0. The number of likely N-dealkylation sites (tertiary alicyclic amines) is 1. The van der Waals surface area contributed by atoms with Crippen LogP contribution in [0.4, 0.5) is 0 Å². The molecule has 0 radical (unpaired) electrons. The van der Waals surface area contributed by atoms with Gasteiger partial charge in [-0.05, 0) is 19.8 Å². The maximum Gasteiger partial charge on any atom is 0.335 e. The van der Waals surface area contributed by atoms with Crippen LogP contribution in [0, 0.1) is 0 Å². The number of aliphatic hydroxyl groups excluding tert-OH is 1. The van der Waals surface area contributed by atoms with E-state index in [2.05, 4.69) is 0 Å². The minimum Gasteiger partial charge on any atom is -0.460 e. The molecule has 0 saturated carbocycles. The van der Waals surface area contributed by atoms with E-state index in [-0.39, 0.29) is 19.1 Å². The van der Waals surface area contributed by atoms with Crippen LogP contribution in [0.25, 0.3) is 0 Å². The average Bonchev–Trinajstić information content (AvgIpc) is 2.52. The van der Waals surface area contributed by atoms with Gasteiger partial charge in [0.25, 0.3) is 0 Å². The second-order valence-corrected chi connectivity index (χ2v) is 4.07. The Labute approximate surface area is 101 Å². The Hall–Kier alpha value is -1.36. The number of esters is 1. The number of ether oxygens (including phenoxy) is 1. The molecule has 0 aromatic heterocycles. The minimum absolute atomic E-state index is 0.0159. The van der Waals surface area contributed by atoms with Crippen molar-refractivity contribution in [1.82, 2.24) is 4.90 Å². The predicted molar refractivity (Wildman–Crippen MR) is 62.0 cm³/mol. The number of rotatable bonds is 4. The summed E-state index contributed by atoms with van der Waals surface area (Å²) in [6, 6.07) is 0. The Balaban J connectivity index is 2.58. The van der Waals surface area contributed by atoms with Crippen LogP contribution >= 0.6 is 0 Å². The van der Waals surface area contributed by atoms with Gasteiger partial charge >= 0.3 is 5.97 Å². The molecule has 5 nitrogen and oxygen atoms in total. The van der Waals surface area contributed by atoms with Crippen molar-refractivity contribution in [2.75, 3.05) is 19.8 Å². The Morgan fingerprint density at radius 3 is 2.94 bits per heavy atom. The van der Waals surface area contributed by atoms with E-state index in [0.717, 1.165) is 19.3 Å². The second kappa shape index (κ2) is 7.06. The number of hydrogen-bond donors (Lipinski definition) is 1. The lowest BCUT2D eigenvalue weighted by molar-refractivity contribution is -0.140. The summed E-state index contributed by atoms with van der Waals surface area (Å²) < 4.78 is 4.77. The molecule has 1 fully saturated rings. The molecule has 1 aliphatic heterocycles. The summed E-state index contributed by atoms with van der Waals surface area (Å²) in [6.07, 6.45) is 5.01. The van der Waals surface area contributed by atoms with Gasteiger partial charge in [-0.25, -0.2) is 4.79 Å². The highest BCUT2D eigenvalue weighted by Gasteiger charge is 2.16. The molecular formula is C12H19NO4. The van der Waals surface area contributed by atoms with Gasteiger partial charge in [-0.1, -0.05) is 6.42 Å². The zero-order chi connectivity index (χ0) is 12.7. The van der Waals surface area contributed by atoms with Crippen LogP contribution in [0.2, 0.25) is 0 Å². The summed E-state index contributed by atoms with van der Waals surface area (Å²) in [6.45, 7) is 2.06. The number of aliphatic hydroxyl groups is 1. The number of carbonyl (C=O) groups is 2. The van der Waals surface area contributed by atoms with Gasteiger partial charge in [-0.3, -0.25) is 4.79 Å². The van der Waals surface area contributed by atoms with Crippen LogP contribution in [-0.4, -0.2) is 41.6 Å². The Morgan fingerprint density at radius 2 is 2.24 bits per heavy atom. The number of amides is 1. The third-order valence-corrected chi connectivity index (χ3v) is 2.61. The van der Waals surface area contributed by atoms with E-state index in [1.165, 1.54) is 0 Å². The zero-order valence-electron chi connectivity index (χ0n) is 10.1. The maximum absolute atomic E-state index is 11.7. The first-order chi connectivity index (χ1) is 8.15. The van der Waals surface area contributed by atoms with E-state index < -0.39 is 5.97 Å². The first kappa shape index (κ1) is 13.7. The van der Waals surface area contributed by atoms with Crippen LogP contribution in [0.3, 0.4) is 0 Å². The summed E-state index contributed by atoms with van der Waals surface area (Å²) in [4.78, 5) is 24.7. The fourth-order valence-corrected chi connectivity index (χ4v) is 1.68. The molecule has 0 aliphatic carbocycles. The van der Waals surface area contributed by atoms with Crippen LogP contribution < -0.4 is 0 Å². The molecule has 1 heterocycles. The van der Waals surface area contributed by atoms with Gasteiger partial charge in [-0.2, -0.15) is 0 Å². The smallest absolute Gasteiger partial charge is 0.335 e. The van der Waals surface area contributed by atoms with Crippen molar-refractivity contribution in [3.8, 4) is 0 Å². The Bertz CT molecular complexity index is 312. The summed E-state index contributed by atoms with van der Waals surface area (Å²) in [5.41, 5.74) is 0.383. The molecule has 1 rings (SSSR count). The minimum atomic E-state index is -0.490. The van der Waals surface area contributed by atoms with Gasteiger partial charge < -0.3 is 14.7 Å². The Morgan fingerprint density at radius 1 is 1.47 bits per heavy atom. The van der Waals surface area contributed by atoms with E-state index in [1.807, 2.05) is 0 Å². The monoisotopic (exact) mass is 241 g/mol. The molecule has 1 N–H and O–H groups in total. The second-order valence-electron chi connectivity index (χ2n) is 4.07. The highest BCUT2D eigenvalue weighted by molar-refractivity contribution is 5.88. The summed E-state index contributed by atoms with van der Waals surface area (Å²) in [5, 5.41) is 8.54. The maximum atomic E-state index is 11.7. The van der Waals surface area contributed by atoms with Crippen molar-refractivity contribution in [2.24, 2.45) is 0 Å². The lowest BCUT2D eigenvalue weighted by Crippen LogP contribution is -2.26. The molecular weight excluding hydrogens is 222 g/mol. The molecule has 0 aromatic rings. The van der Waals surface area contributed by atoms with Crippen molar-refractivity contribution in [3.05, 3.63) is 11.8 Å². The molecule has 96 valence electrons. The molecule has 0 bridgehead atoms. The van der Waals surface area contributed by atoms with Crippen LogP contribution in [0.15, 0.2) is 11.8 Å². The highest BCUT2D eigenvalue weighted by atomic mass is 16.5. The molecule has 0 spiro atoms. The fourth-order valence-electron chi connectivity index (χ4n) is 1.68. The third kappa shape index (κ3) is 4.56. The Kier molecular flexibility index (Phi) is 5.69. The first-order valence-electron chi connectivity index (χ1n) is 5.91. The summed E-state index contributed by atoms with van der Waals surface area (Å²) in [5.74, 6) is -0.437. The molecule has 5 heteroatoms. The highest BCUT2D eigenvalue weighted by Crippen LogP contribution is 2.13. The molecule has 1 amide bonds. The van der Waals surface area contributed by atoms with E-state index in [0.29, 0.717) is 18.5 Å². The zero-order valence-corrected chi connectivity index (χ0v) is 10.1. The van der Waals surface area contributed by atoms with Gasteiger partial charge in [0.2, 0.25) is 5.91 Å². The lowest BCUT2D eigenvalue weighted by Gasteiger charge is -2.16.